The summed E-state index contributed by atoms with van der Waals surface area (Å²) in [5, 5.41) is 18.4. The summed E-state index contributed by atoms with van der Waals surface area (Å²) >= 11 is 12.3. The van der Waals surface area contributed by atoms with Crippen LogP contribution in [0.25, 0.3) is 0 Å². The Morgan fingerprint density at radius 2 is 1.65 bits per heavy atom. The summed E-state index contributed by atoms with van der Waals surface area (Å²) in [6.07, 6.45) is 1.92. The molecule has 0 radical (unpaired) electrons. The van der Waals surface area contributed by atoms with Gasteiger partial charge in [0.1, 0.15) is 36.8 Å². The molecule has 4 amide bonds. The van der Waals surface area contributed by atoms with Crippen LogP contribution in [0.3, 0.4) is 0 Å². The molecule has 0 saturated carbocycles. The standard InChI is InChI=1S/C34H42Cl2N4O8/c1-20(2)31(39-32(45)28(37-21(3)42)17-22-10-12-23(43)13-11-22)34(47)40-15-5-4-9-29(40)33(46)38-27(14-16-41)30(44)19-48-18-24-25(35)7-6-8-26(24)36/h6-8,10-13,16,20,27-29,31,43H,4-5,9,14-15,17-19H2,1-3H3,(H,37,42)(H,38,46)(H,39,45)/t27-,28-,29-,31-/m0/s1. The molecule has 1 heterocycles. The summed E-state index contributed by atoms with van der Waals surface area (Å²) in [5.74, 6) is -2.98. The molecule has 48 heavy (non-hydrogen) atoms. The first-order valence-electron chi connectivity index (χ1n) is 15.8. The lowest BCUT2D eigenvalue weighted by Crippen LogP contribution is -2.61. The molecular weight excluding hydrogens is 663 g/mol. The van der Waals surface area contributed by atoms with Crippen molar-refractivity contribution in [2.45, 2.75) is 83.6 Å². The number of carbonyl (C=O) groups is 6. The third-order valence-electron chi connectivity index (χ3n) is 7.98. The molecule has 3 rings (SSSR count). The summed E-state index contributed by atoms with van der Waals surface area (Å²) in [4.78, 5) is 78.7. The maximum atomic E-state index is 14.0. The van der Waals surface area contributed by atoms with Crippen LogP contribution in [0.1, 0.15) is 57.6 Å². The van der Waals surface area contributed by atoms with Crippen molar-refractivity contribution >= 4 is 58.9 Å². The number of nitrogens with one attached hydrogen (secondary N) is 3. The molecule has 2 aromatic rings. The van der Waals surface area contributed by atoms with E-state index in [1.165, 1.54) is 24.0 Å². The Hall–Kier alpha value is -4.00. The number of aldehydes is 1. The molecule has 4 atom stereocenters. The Morgan fingerprint density at radius 3 is 2.25 bits per heavy atom. The fourth-order valence-electron chi connectivity index (χ4n) is 5.40. The van der Waals surface area contributed by atoms with Crippen LogP contribution >= 0.6 is 23.2 Å². The van der Waals surface area contributed by atoms with Gasteiger partial charge in [0, 0.05) is 41.9 Å². The van der Waals surface area contributed by atoms with E-state index >= 15 is 0 Å². The van der Waals surface area contributed by atoms with E-state index in [9.17, 15) is 33.9 Å². The fraction of sp³-hybridized carbons (Fsp3) is 0.471. The van der Waals surface area contributed by atoms with Gasteiger partial charge in [-0.3, -0.25) is 24.0 Å². The molecule has 0 bridgehead atoms. The van der Waals surface area contributed by atoms with Crippen molar-refractivity contribution in [3.8, 4) is 5.75 Å². The number of ketones is 1. The van der Waals surface area contributed by atoms with Gasteiger partial charge < -0.3 is 35.5 Å². The average molecular weight is 706 g/mol. The number of piperidine rings is 1. The second kappa shape index (κ2) is 18.5. The highest BCUT2D eigenvalue weighted by atomic mass is 35.5. The molecule has 14 heteroatoms. The van der Waals surface area contributed by atoms with Crippen molar-refractivity contribution in [1.82, 2.24) is 20.9 Å². The molecular formula is C34H42Cl2N4O8. The molecule has 1 fully saturated rings. The molecule has 1 aliphatic rings. The van der Waals surface area contributed by atoms with Crippen LogP contribution in [0.5, 0.6) is 5.75 Å². The smallest absolute Gasteiger partial charge is 0.246 e. The first-order valence-corrected chi connectivity index (χ1v) is 16.5. The molecule has 4 N–H and O–H groups in total. The van der Waals surface area contributed by atoms with E-state index in [2.05, 4.69) is 16.0 Å². The Balaban J connectivity index is 1.70. The number of rotatable bonds is 16. The first-order chi connectivity index (χ1) is 22.8. The Morgan fingerprint density at radius 1 is 0.979 bits per heavy atom. The Bertz CT molecular complexity index is 1450. The summed E-state index contributed by atoms with van der Waals surface area (Å²) in [6.45, 7) is 4.55. The summed E-state index contributed by atoms with van der Waals surface area (Å²) in [5.41, 5.74) is 1.18. The van der Waals surface area contributed by atoms with E-state index < -0.39 is 60.2 Å². The predicted molar refractivity (Wildman–Crippen MR) is 179 cm³/mol. The van der Waals surface area contributed by atoms with Crippen LogP contribution < -0.4 is 16.0 Å². The number of Topliss-reactive ketones (excluding diaryl/α,β-unsaturated/α-hetero) is 1. The lowest BCUT2D eigenvalue weighted by atomic mass is 9.95. The number of phenols is 1. The van der Waals surface area contributed by atoms with Crippen LogP contribution in [0.2, 0.25) is 10.0 Å². The number of hydrogen-bond donors (Lipinski definition) is 4. The molecule has 0 aromatic heterocycles. The molecule has 0 aliphatic carbocycles. The van der Waals surface area contributed by atoms with Crippen LogP contribution in [0.15, 0.2) is 42.5 Å². The number of likely N-dealkylation sites (tertiary alicyclic amines) is 1. The van der Waals surface area contributed by atoms with Crippen LogP contribution in [0.4, 0.5) is 0 Å². The normalized spacial score (nSPS) is 16.4. The molecule has 0 spiro atoms. The van der Waals surface area contributed by atoms with Gasteiger partial charge in [-0.1, -0.05) is 55.2 Å². The highest BCUT2D eigenvalue weighted by Crippen LogP contribution is 2.25. The van der Waals surface area contributed by atoms with Gasteiger partial charge in [-0.25, -0.2) is 0 Å². The van der Waals surface area contributed by atoms with Gasteiger partial charge in [-0.2, -0.15) is 0 Å². The van der Waals surface area contributed by atoms with Gasteiger partial charge in [0.25, 0.3) is 0 Å². The second-order valence-corrected chi connectivity index (χ2v) is 12.8. The van der Waals surface area contributed by atoms with E-state index in [4.69, 9.17) is 27.9 Å². The molecule has 2 aromatic carbocycles. The largest absolute Gasteiger partial charge is 0.508 e. The number of nitrogens with zero attached hydrogens (tertiary/aromatic N) is 1. The van der Waals surface area contributed by atoms with E-state index in [1.807, 2.05) is 0 Å². The molecule has 0 unspecified atom stereocenters. The van der Waals surface area contributed by atoms with Gasteiger partial charge in [-0.05, 0) is 55.0 Å². The fourth-order valence-corrected chi connectivity index (χ4v) is 5.90. The highest BCUT2D eigenvalue weighted by Gasteiger charge is 2.39. The maximum absolute atomic E-state index is 14.0. The minimum Gasteiger partial charge on any atom is -0.508 e. The summed E-state index contributed by atoms with van der Waals surface area (Å²) < 4.78 is 5.51. The average Bonchev–Trinajstić information content (AvgIpc) is 3.04. The van der Waals surface area contributed by atoms with Crippen LogP contribution in [-0.2, 0) is 46.5 Å². The van der Waals surface area contributed by atoms with Gasteiger partial charge in [0.2, 0.25) is 23.6 Å². The predicted octanol–water partition coefficient (Wildman–Crippen LogP) is 3.13. The zero-order valence-corrected chi connectivity index (χ0v) is 28.7. The van der Waals surface area contributed by atoms with Crippen molar-refractivity contribution in [3.05, 3.63) is 63.6 Å². The zero-order chi connectivity index (χ0) is 35.4. The lowest BCUT2D eigenvalue weighted by molar-refractivity contribution is -0.147. The number of halogens is 2. The van der Waals surface area contributed by atoms with Gasteiger partial charge in [-0.15, -0.1) is 0 Å². The molecule has 260 valence electrons. The van der Waals surface area contributed by atoms with Crippen LogP contribution in [-0.4, -0.2) is 83.0 Å². The summed E-state index contributed by atoms with van der Waals surface area (Å²) in [6, 6.07) is 6.97. The zero-order valence-electron chi connectivity index (χ0n) is 27.2. The van der Waals surface area contributed by atoms with Crippen molar-refractivity contribution < 1.29 is 38.6 Å². The topological polar surface area (TPSA) is 171 Å². The van der Waals surface area contributed by atoms with Crippen molar-refractivity contribution in [2.24, 2.45) is 5.92 Å². The molecule has 1 saturated heterocycles. The van der Waals surface area contributed by atoms with E-state index in [0.717, 1.165) is 0 Å². The number of aromatic hydroxyl groups is 1. The third kappa shape index (κ3) is 11.0. The van der Waals surface area contributed by atoms with E-state index in [1.54, 1.807) is 44.2 Å². The minimum atomic E-state index is -1.19. The van der Waals surface area contributed by atoms with Crippen molar-refractivity contribution in [1.29, 1.82) is 0 Å². The molecule has 12 nitrogen and oxygen atoms in total. The minimum absolute atomic E-state index is 0.0545. The second-order valence-electron chi connectivity index (χ2n) is 12.0. The molecule has 1 aliphatic heterocycles. The van der Waals surface area contributed by atoms with Crippen molar-refractivity contribution in [3.63, 3.8) is 0 Å². The maximum Gasteiger partial charge on any atom is 0.246 e. The van der Waals surface area contributed by atoms with Gasteiger partial charge in [0.05, 0.1) is 12.6 Å². The van der Waals surface area contributed by atoms with Gasteiger partial charge >= 0.3 is 0 Å². The number of ether oxygens (including phenoxy) is 1. The number of amides is 4. The van der Waals surface area contributed by atoms with Crippen molar-refractivity contribution in [2.75, 3.05) is 13.2 Å². The lowest BCUT2D eigenvalue weighted by Gasteiger charge is -2.38. The number of carbonyl (C=O) groups excluding carboxylic acids is 6. The number of phenolic OH excluding ortho intramolecular Hbond substituents is 1. The summed E-state index contributed by atoms with van der Waals surface area (Å²) in [7, 11) is 0. The monoisotopic (exact) mass is 704 g/mol. The quantitative estimate of drug-likeness (QED) is 0.193. The SMILES string of the molecule is CC(=O)N[C@@H](Cc1ccc(O)cc1)C(=O)N[C@H](C(=O)N1CCCC[C@H]1C(=O)N[C@@H](CC=O)C(=O)COCc1c(Cl)cccc1Cl)C(C)C. The van der Waals surface area contributed by atoms with Gasteiger partial charge in [0.15, 0.2) is 5.78 Å². The van der Waals surface area contributed by atoms with E-state index in [0.29, 0.717) is 46.7 Å². The van der Waals surface area contributed by atoms with Crippen LogP contribution in [0, 0.1) is 5.92 Å². The highest BCUT2D eigenvalue weighted by molar-refractivity contribution is 6.35. The number of hydrogen-bond acceptors (Lipinski definition) is 8. The third-order valence-corrected chi connectivity index (χ3v) is 8.69. The number of benzene rings is 2. The van der Waals surface area contributed by atoms with E-state index in [-0.39, 0.29) is 37.7 Å². The Labute approximate surface area is 289 Å². The Kier molecular flexibility index (Phi) is 14.8. The first kappa shape index (κ1) is 38.4.